The summed E-state index contributed by atoms with van der Waals surface area (Å²) >= 11 is 0. The van der Waals surface area contributed by atoms with E-state index in [1.165, 1.54) is 7.11 Å². The summed E-state index contributed by atoms with van der Waals surface area (Å²) in [6.45, 7) is 6.88. The van der Waals surface area contributed by atoms with Crippen LogP contribution < -0.4 is 16.0 Å². The van der Waals surface area contributed by atoms with E-state index in [9.17, 15) is 9.59 Å². The fourth-order valence-electron chi connectivity index (χ4n) is 2.04. The van der Waals surface area contributed by atoms with Crippen LogP contribution in [0.25, 0.3) is 0 Å². The van der Waals surface area contributed by atoms with Gasteiger partial charge in [-0.15, -0.1) is 0 Å². The third-order valence-corrected chi connectivity index (χ3v) is 3.26. The van der Waals surface area contributed by atoms with Gasteiger partial charge < -0.3 is 15.4 Å². The van der Waals surface area contributed by atoms with Crippen LogP contribution in [0.2, 0.25) is 0 Å². The second kappa shape index (κ2) is 9.78. The Morgan fingerprint density at radius 1 is 1.26 bits per heavy atom. The van der Waals surface area contributed by atoms with Crippen LogP contribution in [0.15, 0.2) is 18.2 Å². The van der Waals surface area contributed by atoms with Crippen molar-refractivity contribution in [3.63, 3.8) is 0 Å². The Bertz CT molecular complexity index is 520. The highest BCUT2D eigenvalue weighted by atomic mass is 16.5. The smallest absolute Gasteiger partial charge is 0.323 e. The fourth-order valence-corrected chi connectivity index (χ4v) is 2.04. The third-order valence-electron chi connectivity index (χ3n) is 3.26. The normalized spacial score (nSPS) is 11.9. The van der Waals surface area contributed by atoms with Gasteiger partial charge in [0.1, 0.15) is 11.9 Å². The summed E-state index contributed by atoms with van der Waals surface area (Å²) in [5.41, 5.74) is 0.842. The summed E-state index contributed by atoms with van der Waals surface area (Å²) < 4.78 is 4.76. The number of urea groups is 1. The molecule has 3 N–H and O–H groups in total. The molecule has 0 aliphatic heterocycles. The van der Waals surface area contributed by atoms with Crippen LogP contribution in [0, 0.1) is 12.8 Å². The Morgan fingerprint density at radius 2 is 2.00 bits per heavy atom. The number of esters is 1. The van der Waals surface area contributed by atoms with E-state index in [4.69, 9.17) is 4.74 Å². The number of carbonyl (C=O) groups is 2. The van der Waals surface area contributed by atoms with Gasteiger partial charge in [-0.05, 0) is 37.9 Å². The first-order chi connectivity index (χ1) is 10.9. The first-order valence-corrected chi connectivity index (χ1v) is 7.73. The molecule has 1 heterocycles. The van der Waals surface area contributed by atoms with E-state index >= 15 is 0 Å². The topological polar surface area (TPSA) is 92.4 Å². The van der Waals surface area contributed by atoms with Crippen molar-refractivity contribution in [3.8, 4) is 0 Å². The molecule has 2 amide bonds. The zero-order valence-corrected chi connectivity index (χ0v) is 14.2. The molecule has 0 spiro atoms. The summed E-state index contributed by atoms with van der Waals surface area (Å²) in [5.74, 6) is 0.397. The summed E-state index contributed by atoms with van der Waals surface area (Å²) in [5, 5.41) is 8.57. The highest BCUT2D eigenvalue weighted by Crippen LogP contribution is 2.04. The zero-order valence-electron chi connectivity index (χ0n) is 14.2. The van der Waals surface area contributed by atoms with Crippen LogP contribution in [0.3, 0.4) is 0 Å². The molecule has 23 heavy (non-hydrogen) atoms. The molecule has 0 saturated heterocycles. The molecule has 0 aliphatic rings. The monoisotopic (exact) mass is 322 g/mol. The number of pyridine rings is 1. The summed E-state index contributed by atoms with van der Waals surface area (Å²) in [4.78, 5) is 27.5. The third kappa shape index (κ3) is 7.10. The van der Waals surface area contributed by atoms with E-state index in [1.54, 1.807) is 6.07 Å². The molecule has 0 unspecified atom stereocenters. The molecule has 0 saturated carbocycles. The molecule has 1 atom stereocenters. The molecule has 1 rings (SSSR count). The van der Waals surface area contributed by atoms with Gasteiger partial charge in [0.2, 0.25) is 0 Å². The minimum Gasteiger partial charge on any atom is -0.468 e. The maximum absolute atomic E-state index is 11.7. The number of carbonyl (C=O) groups excluding carboxylic acids is 2. The van der Waals surface area contributed by atoms with Crippen LogP contribution in [0.4, 0.5) is 10.6 Å². The van der Waals surface area contributed by atoms with Crippen molar-refractivity contribution in [2.75, 3.05) is 25.5 Å². The predicted molar refractivity (Wildman–Crippen MR) is 89.3 cm³/mol. The van der Waals surface area contributed by atoms with Gasteiger partial charge in [-0.2, -0.15) is 0 Å². The van der Waals surface area contributed by atoms with Gasteiger partial charge in [-0.1, -0.05) is 19.9 Å². The Labute approximate surface area is 137 Å². The first-order valence-electron chi connectivity index (χ1n) is 7.73. The SMILES string of the molecule is COC(=O)[C@@H](NCCCNC(=O)Nc1cccc(C)n1)C(C)C. The lowest BCUT2D eigenvalue weighted by Crippen LogP contribution is -2.43. The number of rotatable bonds is 8. The highest BCUT2D eigenvalue weighted by molar-refractivity contribution is 5.88. The number of ether oxygens (including phenoxy) is 1. The van der Waals surface area contributed by atoms with E-state index in [2.05, 4.69) is 20.9 Å². The van der Waals surface area contributed by atoms with Gasteiger partial charge in [-0.25, -0.2) is 9.78 Å². The molecule has 0 fully saturated rings. The molecule has 0 bridgehead atoms. The number of aryl methyl sites for hydroxylation is 1. The molecular formula is C16H26N4O3. The highest BCUT2D eigenvalue weighted by Gasteiger charge is 2.21. The van der Waals surface area contributed by atoms with Gasteiger partial charge in [0.05, 0.1) is 7.11 Å². The van der Waals surface area contributed by atoms with E-state index in [0.29, 0.717) is 25.3 Å². The lowest BCUT2D eigenvalue weighted by atomic mass is 10.0. The Morgan fingerprint density at radius 3 is 2.61 bits per heavy atom. The van der Waals surface area contributed by atoms with Gasteiger partial charge in [0.15, 0.2) is 0 Å². The fraction of sp³-hybridized carbons (Fsp3) is 0.562. The quantitative estimate of drug-likeness (QED) is 0.500. The van der Waals surface area contributed by atoms with Gasteiger partial charge >= 0.3 is 12.0 Å². The number of hydrogen-bond acceptors (Lipinski definition) is 5. The number of amides is 2. The first kappa shape index (κ1) is 18.9. The van der Waals surface area contributed by atoms with Crippen molar-refractivity contribution in [2.45, 2.75) is 33.2 Å². The van der Waals surface area contributed by atoms with Crippen molar-refractivity contribution in [1.29, 1.82) is 0 Å². The Kier molecular flexibility index (Phi) is 8.04. The van der Waals surface area contributed by atoms with E-state index in [-0.39, 0.29) is 24.0 Å². The van der Waals surface area contributed by atoms with Gasteiger partial charge in [0.25, 0.3) is 0 Å². The molecule has 128 valence electrons. The number of methoxy groups -OCH3 is 1. The van der Waals surface area contributed by atoms with Crippen molar-refractivity contribution >= 4 is 17.8 Å². The molecule has 7 heteroatoms. The second-order valence-corrected chi connectivity index (χ2v) is 5.60. The molecule has 1 aromatic rings. The Balaban J connectivity index is 2.23. The van der Waals surface area contributed by atoms with Crippen molar-refractivity contribution in [1.82, 2.24) is 15.6 Å². The average molecular weight is 322 g/mol. The van der Waals surface area contributed by atoms with Gasteiger partial charge in [0, 0.05) is 12.2 Å². The lowest BCUT2D eigenvalue weighted by molar-refractivity contribution is -0.144. The summed E-state index contributed by atoms with van der Waals surface area (Å²) in [7, 11) is 1.38. The minimum absolute atomic E-state index is 0.145. The molecular weight excluding hydrogens is 296 g/mol. The van der Waals surface area contributed by atoms with E-state index in [1.807, 2.05) is 32.9 Å². The van der Waals surface area contributed by atoms with Crippen molar-refractivity contribution in [3.05, 3.63) is 23.9 Å². The zero-order chi connectivity index (χ0) is 17.2. The lowest BCUT2D eigenvalue weighted by Gasteiger charge is -2.19. The average Bonchev–Trinajstić information content (AvgIpc) is 2.49. The van der Waals surface area contributed by atoms with E-state index in [0.717, 1.165) is 5.69 Å². The molecule has 0 aliphatic carbocycles. The van der Waals surface area contributed by atoms with Crippen LogP contribution in [-0.4, -0.2) is 43.2 Å². The van der Waals surface area contributed by atoms with Crippen LogP contribution >= 0.6 is 0 Å². The number of nitrogens with one attached hydrogen (secondary N) is 3. The number of nitrogens with zero attached hydrogens (tertiary/aromatic N) is 1. The Hall–Kier alpha value is -2.15. The van der Waals surface area contributed by atoms with Crippen LogP contribution in [0.1, 0.15) is 26.0 Å². The van der Waals surface area contributed by atoms with Crippen LogP contribution in [0.5, 0.6) is 0 Å². The van der Waals surface area contributed by atoms with Crippen LogP contribution in [-0.2, 0) is 9.53 Å². The molecule has 0 radical (unpaired) electrons. The predicted octanol–water partition coefficient (Wildman–Crippen LogP) is 1.69. The number of hydrogen-bond donors (Lipinski definition) is 3. The minimum atomic E-state index is -0.328. The molecule has 0 aromatic carbocycles. The second-order valence-electron chi connectivity index (χ2n) is 5.60. The van der Waals surface area contributed by atoms with E-state index < -0.39 is 0 Å². The largest absolute Gasteiger partial charge is 0.468 e. The van der Waals surface area contributed by atoms with Crippen molar-refractivity contribution in [2.24, 2.45) is 5.92 Å². The number of anilines is 1. The summed E-state index contributed by atoms with van der Waals surface area (Å²) in [6, 6.07) is 4.81. The van der Waals surface area contributed by atoms with Gasteiger partial charge in [-0.3, -0.25) is 10.1 Å². The molecule has 7 nitrogen and oxygen atoms in total. The van der Waals surface area contributed by atoms with Crippen molar-refractivity contribution < 1.29 is 14.3 Å². The number of aromatic nitrogens is 1. The molecule has 1 aromatic heterocycles. The maximum Gasteiger partial charge on any atom is 0.323 e. The maximum atomic E-state index is 11.7. The summed E-state index contributed by atoms with van der Waals surface area (Å²) in [6.07, 6.45) is 0.703. The standard InChI is InChI=1S/C16H26N4O3/c1-11(2)14(15(21)23-4)17-9-6-10-18-16(22)20-13-8-5-7-12(3)19-13/h5,7-8,11,14,17H,6,9-10H2,1-4H3,(H2,18,19,20,22)/t14-/m0/s1.